The van der Waals surface area contributed by atoms with Gasteiger partial charge in [0.2, 0.25) is 0 Å². The molecule has 1 unspecified atom stereocenters. The van der Waals surface area contributed by atoms with E-state index >= 15 is 0 Å². The predicted molar refractivity (Wildman–Crippen MR) is 73.4 cm³/mol. The molecule has 0 aliphatic carbocycles. The Bertz CT molecular complexity index is 552. The zero-order valence-corrected chi connectivity index (χ0v) is 11.5. The van der Waals surface area contributed by atoms with Gasteiger partial charge in [-0.25, -0.2) is 9.67 Å². The highest BCUT2D eigenvalue weighted by atomic mass is 16.3. The number of hydrogen-bond acceptors (Lipinski definition) is 5. The lowest BCUT2D eigenvalue weighted by molar-refractivity contribution is 0.244. The fraction of sp³-hybridized carbons (Fsp3) is 0.462. The quantitative estimate of drug-likeness (QED) is 0.849. The first-order chi connectivity index (χ1) is 9.10. The predicted octanol–water partition coefficient (Wildman–Crippen LogP) is 1.32. The number of aryl methyl sites for hydroxylation is 2. The average Bonchev–Trinajstić information content (AvgIpc) is 2.75. The van der Waals surface area contributed by atoms with Crippen LogP contribution in [0.1, 0.15) is 18.3 Å². The van der Waals surface area contributed by atoms with Crippen molar-refractivity contribution in [1.82, 2.24) is 19.7 Å². The molecule has 6 nitrogen and oxygen atoms in total. The minimum Gasteiger partial charge on any atom is -0.396 e. The van der Waals surface area contributed by atoms with Crippen molar-refractivity contribution in [3.8, 4) is 5.82 Å². The molecular formula is C13H19N5O. The first-order valence-electron chi connectivity index (χ1n) is 6.30. The molecule has 0 saturated heterocycles. The highest BCUT2D eigenvalue weighted by Gasteiger charge is 2.07. The average molecular weight is 261 g/mol. The molecule has 0 aliphatic heterocycles. The smallest absolute Gasteiger partial charge is 0.174 e. The summed E-state index contributed by atoms with van der Waals surface area (Å²) in [6.45, 7) is 6.70. The molecule has 1 atom stereocenters. The molecule has 0 aromatic carbocycles. The van der Waals surface area contributed by atoms with Crippen LogP contribution in [0.15, 0.2) is 18.5 Å². The first kappa shape index (κ1) is 13.5. The molecule has 2 rings (SSSR count). The van der Waals surface area contributed by atoms with Crippen molar-refractivity contribution in [1.29, 1.82) is 0 Å². The third-order valence-electron chi connectivity index (χ3n) is 2.79. The lowest BCUT2D eigenvalue weighted by atomic mass is 10.2. The zero-order chi connectivity index (χ0) is 13.8. The Morgan fingerprint density at radius 2 is 2.16 bits per heavy atom. The van der Waals surface area contributed by atoms with Crippen LogP contribution < -0.4 is 5.32 Å². The minimum atomic E-state index is 0.150. The first-order valence-corrected chi connectivity index (χ1v) is 6.30. The van der Waals surface area contributed by atoms with E-state index in [9.17, 15) is 0 Å². The molecule has 0 fully saturated rings. The minimum absolute atomic E-state index is 0.150. The summed E-state index contributed by atoms with van der Waals surface area (Å²) in [5.74, 6) is 1.55. The van der Waals surface area contributed by atoms with E-state index in [2.05, 4.69) is 20.4 Å². The molecule has 0 bridgehead atoms. The molecule has 2 heterocycles. The van der Waals surface area contributed by atoms with E-state index in [0.29, 0.717) is 18.2 Å². The Hall–Kier alpha value is -1.95. The van der Waals surface area contributed by atoms with Gasteiger partial charge in [-0.15, -0.1) is 0 Å². The molecule has 2 N–H and O–H groups in total. The van der Waals surface area contributed by atoms with Gasteiger partial charge in [0.05, 0.1) is 18.1 Å². The summed E-state index contributed by atoms with van der Waals surface area (Å²) in [7, 11) is 0. The van der Waals surface area contributed by atoms with Crippen molar-refractivity contribution in [3.05, 3.63) is 29.8 Å². The molecule has 0 aliphatic rings. The molecule has 19 heavy (non-hydrogen) atoms. The monoisotopic (exact) mass is 261 g/mol. The van der Waals surface area contributed by atoms with Crippen molar-refractivity contribution < 1.29 is 5.11 Å². The number of nitrogens with zero attached hydrogens (tertiary/aromatic N) is 4. The lowest BCUT2D eigenvalue weighted by Gasteiger charge is -2.11. The van der Waals surface area contributed by atoms with Crippen molar-refractivity contribution in [2.75, 3.05) is 18.5 Å². The Morgan fingerprint density at radius 1 is 1.37 bits per heavy atom. The van der Waals surface area contributed by atoms with Crippen LogP contribution in [0.3, 0.4) is 0 Å². The van der Waals surface area contributed by atoms with Gasteiger partial charge in [0.25, 0.3) is 0 Å². The van der Waals surface area contributed by atoms with Gasteiger partial charge in [0.15, 0.2) is 5.82 Å². The van der Waals surface area contributed by atoms with Crippen LogP contribution in [-0.2, 0) is 0 Å². The number of rotatable bonds is 5. The van der Waals surface area contributed by atoms with Gasteiger partial charge in [0, 0.05) is 18.8 Å². The van der Waals surface area contributed by atoms with Crippen LogP contribution in [0.25, 0.3) is 5.82 Å². The number of aliphatic hydroxyl groups is 1. The fourth-order valence-electron chi connectivity index (χ4n) is 1.75. The van der Waals surface area contributed by atoms with Crippen molar-refractivity contribution in [3.63, 3.8) is 0 Å². The Balaban J connectivity index is 2.17. The molecule has 102 valence electrons. The van der Waals surface area contributed by atoms with Gasteiger partial charge in [-0.1, -0.05) is 6.92 Å². The number of nitrogens with one attached hydrogen (secondary N) is 1. The van der Waals surface area contributed by atoms with Crippen molar-refractivity contribution in [2.45, 2.75) is 20.8 Å². The summed E-state index contributed by atoms with van der Waals surface area (Å²) in [6, 6.07) is 2.00. The van der Waals surface area contributed by atoms with Gasteiger partial charge in [-0.05, 0) is 25.8 Å². The Labute approximate surface area is 112 Å². The summed E-state index contributed by atoms with van der Waals surface area (Å²) in [5.41, 5.74) is 1.97. The maximum Gasteiger partial charge on any atom is 0.174 e. The fourth-order valence-corrected chi connectivity index (χ4v) is 1.75. The lowest BCUT2D eigenvalue weighted by Crippen LogP contribution is -2.16. The SMILES string of the molecule is Cc1cc(C)n(-c2cncc(NCC(C)CO)n2)n1. The number of aliphatic hydroxyl groups excluding tert-OH is 1. The van der Waals surface area contributed by atoms with Crippen molar-refractivity contribution in [2.24, 2.45) is 5.92 Å². The zero-order valence-electron chi connectivity index (χ0n) is 11.5. The van der Waals surface area contributed by atoms with E-state index in [4.69, 9.17) is 5.11 Å². The summed E-state index contributed by atoms with van der Waals surface area (Å²) >= 11 is 0. The highest BCUT2D eigenvalue weighted by Crippen LogP contribution is 2.11. The topological polar surface area (TPSA) is 75.9 Å². The molecule has 0 amide bonds. The summed E-state index contributed by atoms with van der Waals surface area (Å²) in [5, 5.41) is 16.5. The van der Waals surface area contributed by atoms with Crippen molar-refractivity contribution >= 4 is 5.82 Å². The second kappa shape index (κ2) is 5.79. The maximum absolute atomic E-state index is 8.99. The van der Waals surface area contributed by atoms with Crippen LogP contribution in [-0.4, -0.2) is 38.0 Å². The largest absolute Gasteiger partial charge is 0.396 e. The third kappa shape index (κ3) is 3.29. The van der Waals surface area contributed by atoms with Gasteiger partial charge >= 0.3 is 0 Å². The number of hydrogen-bond donors (Lipinski definition) is 2. The molecule has 6 heteroatoms. The van der Waals surface area contributed by atoms with E-state index < -0.39 is 0 Å². The van der Waals surface area contributed by atoms with Gasteiger partial charge in [-0.3, -0.25) is 4.98 Å². The molecule has 2 aromatic rings. The van der Waals surface area contributed by atoms with Crippen LogP contribution in [0.4, 0.5) is 5.82 Å². The van der Waals surface area contributed by atoms with E-state index in [0.717, 1.165) is 11.4 Å². The van der Waals surface area contributed by atoms with Gasteiger partial charge < -0.3 is 10.4 Å². The molecule has 2 aromatic heterocycles. The molecule has 0 radical (unpaired) electrons. The third-order valence-corrected chi connectivity index (χ3v) is 2.79. The van der Waals surface area contributed by atoms with Crippen LogP contribution in [0, 0.1) is 19.8 Å². The Kier molecular flexibility index (Phi) is 4.11. The Morgan fingerprint density at radius 3 is 2.79 bits per heavy atom. The van der Waals surface area contributed by atoms with E-state index in [1.807, 2.05) is 26.8 Å². The van der Waals surface area contributed by atoms with Gasteiger partial charge in [-0.2, -0.15) is 5.10 Å². The molecule has 0 spiro atoms. The summed E-state index contributed by atoms with van der Waals surface area (Å²) < 4.78 is 1.77. The normalized spacial score (nSPS) is 12.4. The number of anilines is 1. The summed E-state index contributed by atoms with van der Waals surface area (Å²) in [4.78, 5) is 8.64. The second-order valence-electron chi connectivity index (χ2n) is 4.77. The van der Waals surface area contributed by atoms with E-state index in [-0.39, 0.29) is 12.5 Å². The molecular weight excluding hydrogens is 242 g/mol. The molecule has 0 saturated carbocycles. The van der Waals surface area contributed by atoms with E-state index in [1.54, 1.807) is 17.1 Å². The van der Waals surface area contributed by atoms with Crippen LogP contribution >= 0.6 is 0 Å². The van der Waals surface area contributed by atoms with Crippen LogP contribution in [0.5, 0.6) is 0 Å². The maximum atomic E-state index is 8.99. The second-order valence-corrected chi connectivity index (χ2v) is 4.77. The number of aromatic nitrogens is 4. The highest BCUT2D eigenvalue weighted by molar-refractivity contribution is 5.36. The van der Waals surface area contributed by atoms with Gasteiger partial charge in [0.1, 0.15) is 5.82 Å². The van der Waals surface area contributed by atoms with Crippen LogP contribution in [0.2, 0.25) is 0 Å². The standard InChI is InChI=1S/C13H19N5O/c1-9(8-19)5-15-12-6-14-7-13(16-12)18-11(3)4-10(2)17-18/h4,6-7,9,19H,5,8H2,1-3H3,(H,15,16). The van der Waals surface area contributed by atoms with E-state index in [1.165, 1.54) is 0 Å². The summed E-state index contributed by atoms with van der Waals surface area (Å²) in [6.07, 6.45) is 3.35.